The lowest BCUT2D eigenvalue weighted by Crippen LogP contribution is -2.40. The third-order valence-corrected chi connectivity index (χ3v) is 5.03. The molecule has 4 rings (SSSR count). The molecule has 0 aliphatic carbocycles. The highest BCUT2D eigenvalue weighted by molar-refractivity contribution is 5.93. The van der Waals surface area contributed by atoms with Gasteiger partial charge in [-0.3, -0.25) is 9.48 Å². The van der Waals surface area contributed by atoms with Crippen molar-refractivity contribution in [2.75, 3.05) is 6.54 Å². The zero-order valence-electron chi connectivity index (χ0n) is 16.7. The van der Waals surface area contributed by atoms with Crippen LogP contribution in [0.3, 0.4) is 0 Å². The van der Waals surface area contributed by atoms with E-state index in [0.29, 0.717) is 5.69 Å². The monoisotopic (exact) mass is 424 g/mol. The zero-order valence-corrected chi connectivity index (χ0v) is 16.7. The van der Waals surface area contributed by atoms with E-state index in [-0.39, 0.29) is 23.6 Å². The second kappa shape index (κ2) is 8.05. The van der Waals surface area contributed by atoms with Gasteiger partial charge in [0.25, 0.3) is 5.91 Å². The highest BCUT2D eigenvalue weighted by Crippen LogP contribution is 2.30. The molecule has 3 aromatic heterocycles. The molecule has 0 saturated heterocycles. The van der Waals surface area contributed by atoms with Gasteiger partial charge in [0.15, 0.2) is 11.5 Å². The second-order valence-electron chi connectivity index (χ2n) is 7.21. The van der Waals surface area contributed by atoms with Crippen molar-refractivity contribution in [1.82, 2.24) is 30.2 Å². The Bertz CT molecular complexity index is 1220. The molecule has 0 saturated carbocycles. The summed E-state index contributed by atoms with van der Waals surface area (Å²) in [5, 5.41) is 10.8. The van der Waals surface area contributed by atoms with Crippen molar-refractivity contribution in [3.05, 3.63) is 83.8 Å². The summed E-state index contributed by atoms with van der Waals surface area (Å²) in [6, 6.07) is 6.13. The summed E-state index contributed by atoms with van der Waals surface area (Å²) in [6.45, 7) is 2.11. The molecule has 1 aromatic carbocycles. The number of aromatic nitrogens is 5. The van der Waals surface area contributed by atoms with Crippen molar-refractivity contribution in [1.29, 1.82) is 0 Å². The fourth-order valence-electron chi connectivity index (χ4n) is 3.21. The Hall–Kier alpha value is -3.95. The first-order valence-corrected chi connectivity index (χ1v) is 9.33. The van der Waals surface area contributed by atoms with E-state index in [0.717, 1.165) is 17.7 Å². The molecule has 0 aliphatic rings. The average Bonchev–Trinajstić information content (AvgIpc) is 3.42. The van der Waals surface area contributed by atoms with Crippen LogP contribution in [-0.4, -0.2) is 37.4 Å². The van der Waals surface area contributed by atoms with Crippen molar-refractivity contribution in [3.63, 3.8) is 0 Å². The van der Waals surface area contributed by atoms with E-state index in [4.69, 9.17) is 4.52 Å². The normalized spacial score (nSPS) is 13.0. The van der Waals surface area contributed by atoms with E-state index in [9.17, 15) is 13.6 Å². The van der Waals surface area contributed by atoms with Gasteiger partial charge in [-0.25, -0.2) is 18.7 Å². The Morgan fingerprint density at radius 1 is 1.26 bits per heavy atom. The van der Waals surface area contributed by atoms with Crippen LogP contribution in [-0.2, 0) is 12.5 Å². The molecule has 3 heterocycles. The second-order valence-corrected chi connectivity index (χ2v) is 7.21. The largest absolute Gasteiger partial charge is 0.355 e. The minimum Gasteiger partial charge on any atom is -0.355 e. The topological polar surface area (TPSA) is 98.7 Å². The molecule has 0 fully saturated rings. The Labute approximate surface area is 175 Å². The maximum atomic E-state index is 14.0. The number of nitrogens with one attached hydrogen (secondary N) is 1. The Morgan fingerprint density at radius 2 is 2.10 bits per heavy atom. The average molecular weight is 424 g/mol. The number of halogens is 2. The molecule has 1 amide bonds. The van der Waals surface area contributed by atoms with Gasteiger partial charge in [-0.1, -0.05) is 5.16 Å². The molecular weight excluding hydrogens is 406 g/mol. The van der Waals surface area contributed by atoms with Gasteiger partial charge in [0.1, 0.15) is 18.0 Å². The van der Waals surface area contributed by atoms with Gasteiger partial charge in [0, 0.05) is 43.7 Å². The van der Waals surface area contributed by atoms with Crippen LogP contribution in [0, 0.1) is 11.6 Å². The minimum atomic E-state index is -0.809. The van der Waals surface area contributed by atoms with Crippen molar-refractivity contribution in [3.8, 4) is 11.3 Å². The zero-order chi connectivity index (χ0) is 22.0. The third kappa shape index (κ3) is 4.04. The highest BCUT2D eigenvalue weighted by atomic mass is 19.1. The van der Waals surface area contributed by atoms with Gasteiger partial charge in [-0.15, -0.1) is 0 Å². The molecule has 1 unspecified atom stereocenters. The van der Waals surface area contributed by atoms with E-state index in [1.807, 2.05) is 13.1 Å². The molecular formula is C21H18F2N6O2. The third-order valence-electron chi connectivity index (χ3n) is 5.03. The molecule has 0 radical (unpaired) electrons. The van der Waals surface area contributed by atoms with Crippen LogP contribution < -0.4 is 5.32 Å². The summed E-state index contributed by atoms with van der Waals surface area (Å²) in [5.41, 5.74) is 0.833. The number of rotatable bonds is 6. The number of carbonyl (C=O) groups is 1. The number of benzene rings is 1. The van der Waals surface area contributed by atoms with E-state index in [1.165, 1.54) is 18.5 Å². The molecule has 0 aliphatic heterocycles. The smallest absolute Gasteiger partial charge is 0.273 e. The molecule has 8 nitrogen and oxygen atoms in total. The van der Waals surface area contributed by atoms with E-state index in [2.05, 4.69) is 25.5 Å². The first-order chi connectivity index (χ1) is 14.9. The van der Waals surface area contributed by atoms with E-state index < -0.39 is 23.0 Å². The summed E-state index contributed by atoms with van der Waals surface area (Å²) < 4.78 is 33.9. The van der Waals surface area contributed by atoms with Crippen LogP contribution in [0.5, 0.6) is 0 Å². The fraction of sp³-hybridized carbons (Fsp3) is 0.190. The van der Waals surface area contributed by atoms with Crippen LogP contribution in [0.4, 0.5) is 8.78 Å². The van der Waals surface area contributed by atoms with Crippen molar-refractivity contribution < 1.29 is 18.1 Å². The van der Waals surface area contributed by atoms with Crippen LogP contribution in [0.25, 0.3) is 11.3 Å². The summed E-state index contributed by atoms with van der Waals surface area (Å²) in [6.07, 6.45) is 6.62. The standard InChI is InChI=1S/C21H18F2N6O2/c1-21(13-9-27-29(2)10-13,19-5-6-24-12-26-19)11-25-20(30)17-8-18(31-28-17)15-4-3-14(22)7-16(15)23/h3-10,12H,11H2,1-2H3,(H,25,30). The number of carbonyl (C=O) groups excluding carboxylic acids is 1. The molecule has 0 bridgehead atoms. The number of aryl methyl sites for hydroxylation is 1. The maximum Gasteiger partial charge on any atom is 0.273 e. The summed E-state index contributed by atoms with van der Waals surface area (Å²) in [5.74, 6) is -2.01. The van der Waals surface area contributed by atoms with Crippen molar-refractivity contribution >= 4 is 5.91 Å². The molecule has 1 N–H and O–H groups in total. The van der Waals surface area contributed by atoms with E-state index >= 15 is 0 Å². The molecule has 31 heavy (non-hydrogen) atoms. The maximum absolute atomic E-state index is 14.0. The Balaban J connectivity index is 1.56. The van der Waals surface area contributed by atoms with E-state index in [1.54, 1.807) is 30.2 Å². The predicted octanol–water partition coefficient (Wildman–Crippen LogP) is 2.88. The quantitative estimate of drug-likeness (QED) is 0.511. The first-order valence-electron chi connectivity index (χ1n) is 9.33. The summed E-state index contributed by atoms with van der Waals surface area (Å²) in [7, 11) is 1.80. The first kappa shape index (κ1) is 20.3. The van der Waals surface area contributed by atoms with Gasteiger partial charge in [-0.2, -0.15) is 5.10 Å². The molecule has 10 heteroatoms. The van der Waals surface area contributed by atoms with Crippen LogP contribution in [0.15, 0.2) is 59.8 Å². The van der Waals surface area contributed by atoms with Gasteiger partial charge in [-0.05, 0) is 25.1 Å². The predicted molar refractivity (Wildman–Crippen MR) is 106 cm³/mol. The lowest BCUT2D eigenvalue weighted by Gasteiger charge is -2.28. The number of nitrogens with zero attached hydrogens (tertiary/aromatic N) is 5. The van der Waals surface area contributed by atoms with Gasteiger partial charge < -0.3 is 9.84 Å². The Morgan fingerprint density at radius 3 is 2.77 bits per heavy atom. The number of amides is 1. The van der Waals surface area contributed by atoms with Gasteiger partial charge in [0.05, 0.1) is 22.9 Å². The lowest BCUT2D eigenvalue weighted by atomic mass is 9.80. The fourth-order valence-corrected chi connectivity index (χ4v) is 3.21. The summed E-state index contributed by atoms with van der Waals surface area (Å²) in [4.78, 5) is 21.0. The molecule has 158 valence electrons. The van der Waals surface area contributed by atoms with Gasteiger partial charge >= 0.3 is 0 Å². The lowest BCUT2D eigenvalue weighted by molar-refractivity contribution is 0.0938. The van der Waals surface area contributed by atoms with Crippen LogP contribution in [0.2, 0.25) is 0 Å². The van der Waals surface area contributed by atoms with Crippen LogP contribution in [0.1, 0.15) is 28.7 Å². The number of hydrogen-bond donors (Lipinski definition) is 1. The minimum absolute atomic E-state index is 0.00846. The Kier molecular flexibility index (Phi) is 5.28. The van der Waals surface area contributed by atoms with Crippen molar-refractivity contribution in [2.24, 2.45) is 7.05 Å². The molecule has 4 aromatic rings. The SMILES string of the molecule is Cn1cc(C(C)(CNC(=O)c2cc(-c3ccc(F)cc3F)on2)c2ccncn2)cn1. The summed E-state index contributed by atoms with van der Waals surface area (Å²) >= 11 is 0. The number of hydrogen-bond acceptors (Lipinski definition) is 6. The van der Waals surface area contributed by atoms with Gasteiger partial charge in [0.2, 0.25) is 0 Å². The molecule has 1 atom stereocenters. The van der Waals surface area contributed by atoms with Crippen LogP contribution >= 0.6 is 0 Å². The van der Waals surface area contributed by atoms with Crippen molar-refractivity contribution in [2.45, 2.75) is 12.3 Å². The highest BCUT2D eigenvalue weighted by Gasteiger charge is 2.33. The molecule has 0 spiro atoms.